The van der Waals surface area contributed by atoms with Gasteiger partial charge in [-0.15, -0.1) is 0 Å². The number of fused-ring (bicyclic) bond motifs is 3. The normalized spacial score (nSPS) is 32.6. The van der Waals surface area contributed by atoms with Crippen LogP contribution in [0.2, 0.25) is 0 Å². The van der Waals surface area contributed by atoms with Crippen molar-refractivity contribution in [3.63, 3.8) is 0 Å². The maximum absolute atomic E-state index is 13.4. The van der Waals surface area contributed by atoms with Crippen LogP contribution in [0.15, 0.2) is 24.3 Å². The van der Waals surface area contributed by atoms with Gasteiger partial charge < -0.3 is 15.5 Å². The molecule has 5 atom stereocenters. The highest BCUT2D eigenvalue weighted by molar-refractivity contribution is 5.91. The second-order valence-electron chi connectivity index (χ2n) is 6.99. The number of aliphatic hydroxyl groups excluding tert-OH is 2. The zero-order valence-corrected chi connectivity index (χ0v) is 13.0. The Morgan fingerprint density at radius 3 is 2.78 bits per heavy atom. The van der Waals surface area contributed by atoms with Crippen LogP contribution in [0.1, 0.15) is 18.5 Å². The molecule has 1 aromatic carbocycles. The average molecular weight is 316 g/mol. The molecule has 2 saturated carbocycles. The first-order valence-electron chi connectivity index (χ1n) is 8.20. The van der Waals surface area contributed by atoms with Gasteiger partial charge in [-0.1, -0.05) is 0 Å². The van der Waals surface area contributed by atoms with Crippen LogP contribution in [0.4, 0.5) is 10.1 Å². The molecule has 4 rings (SSSR count). The fraction of sp³-hybridized carbons (Fsp3) is 0.500. The Morgan fingerprint density at radius 2 is 2.04 bits per heavy atom. The third-order valence-electron chi connectivity index (χ3n) is 5.51. The van der Waals surface area contributed by atoms with Gasteiger partial charge in [0.2, 0.25) is 0 Å². The van der Waals surface area contributed by atoms with E-state index in [-0.39, 0.29) is 17.7 Å². The molecule has 1 aromatic heterocycles. The molecule has 0 spiro atoms. The maximum atomic E-state index is 13.4. The van der Waals surface area contributed by atoms with Gasteiger partial charge in [0.25, 0.3) is 0 Å². The predicted molar refractivity (Wildman–Crippen MR) is 86.6 cm³/mol. The zero-order chi connectivity index (χ0) is 16.1. The number of aryl methyl sites for hydroxylation is 1. The Hall–Kier alpha value is -1.72. The predicted octanol–water partition coefficient (Wildman–Crippen LogP) is 2.47. The summed E-state index contributed by atoms with van der Waals surface area (Å²) in [5.41, 5.74) is 2.44. The van der Waals surface area contributed by atoms with E-state index in [0.717, 1.165) is 36.2 Å². The highest BCUT2D eigenvalue weighted by atomic mass is 19.1. The number of benzene rings is 1. The zero-order valence-electron chi connectivity index (χ0n) is 13.0. The third kappa shape index (κ3) is 2.48. The van der Waals surface area contributed by atoms with E-state index in [1.54, 1.807) is 6.07 Å². The van der Waals surface area contributed by atoms with Gasteiger partial charge in [-0.2, -0.15) is 0 Å². The van der Waals surface area contributed by atoms with E-state index in [0.29, 0.717) is 11.4 Å². The fourth-order valence-corrected chi connectivity index (χ4v) is 4.39. The van der Waals surface area contributed by atoms with Crippen LogP contribution in [0.5, 0.6) is 0 Å². The Balaban J connectivity index is 1.55. The van der Waals surface area contributed by atoms with Gasteiger partial charge in [0.05, 0.1) is 17.7 Å². The summed E-state index contributed by atoms with van der Waals surface area (Å²) in [7, 11) is 0. The van der Waals surface area contributed by atoms with Crippen molar-refractivity contribution >= 4 is 16.6 Å². The lowest BCUT2D eigenvalue weighted by Crippen LogP contribution is -2.38. The van der Waals surface area contributed by atoms with Gasteiger partial charge in [-0.3, -0.25) is 4.98 Å². The van der Waals surface area contributed by atoms with E-state index in [1.807, 2.05) is 13.0 Å². The van der Waals surface area contributed by atoms with E-state index in [2.05, 4.69) is 10.3 Å². The van der Waals surface area contributed by atoms with E-state index >= 15 is 0 Å². The molecule has 0 saturated heterocycles. The molecule has 2 aromatic rings. The van der Waals surface area contributed by atoms with Gasteiger partial charge in [0.15, 0.2) is 0 Å². The van der Waals surface area contributed by atoms with Crippen LogP contribution in [0, 0.1) is 30.5 Å². The molecule has 23 heavy (non-hydrogen) atoms. The molecule has 2 aliphatic rings. The summed E-state index contributed by atoms with van der Waals surface area (Å²) >= 11 is 0. The van der Waals surface area contributed by atoms with Crippen molar-refractivity contribution in [2.45, 2.75) is 32.0 Å². The first-order chi connectivity index (χ1) is 11.0. The van der Waals surface area contributed by atoms with Crippen LogP contribution in [-0.2, 0) is 0 Å². The van der Waals surface area contributed by atoms with Crippen molar-refractivity contribution in [2.24, 2.45) is 17.8 Å². The fourth-order valence-electron chi connectivity index (χ4n) is 4.39. The minimum absolute atomic E-state index is 0.175. The Labute approximate surface area is 134 Å². The summed E-state index contributed by atoms with van der Waals surface area (Å²) in [4.78, 5) is 4.38. The minimum Gasteiger partial charge on any atom is -0.390 e. The monoisotopic (exact) mass is 316 g/mol. The first kappa shape index (κ1) is 14.8. The van der Waals surface area contributed by atoms with Crippen LogP contribution in [0.25, 0.3) is 10.9 Å². The minimum atomic E-state index is -0.592. The number of nitrogens with one attached hydrogen (secondary N) is 1. The lowest BCUT2D eigenvalue weighted by molar-refractivity contribution is -0.0317. The second-order valence-corrected chi connectivity index (χ2v) is 6.99. The smallest absolute Gasteiger partial charge is 0.125 e. The summed E-state index contributed by atoms with van der Waals surface area (Å²) in [6, 6.07) is 6.62. The highest BCUT2D eigenvalue weighted by Crippen LogP contribution is 2.48. The summed E-state index contributed by atoms with van der Waals surface area (Å²) in [5, 5.41) is 24.3. The number of nitrogens with zero attached hydrogens (tertiary/aromatic N) is 1. The highest BCUT2D eigenvalue weighted by Gasteiger charge is 2.51. The van der Waals surface area contributed by atoms with Gasteiger partial charge >= 0.3 is 0 Å². The first-order valence-corrected chi connectivity index (χ1v) is 8.20. The summed E-state index contributed by atoms with van der Waals surface area (Å²) < 4.78 is 13.4. The molecule has 122 valence electrons. The van der Waals surface area contributed by atoms with Crippen LogP contribution in [0.3, 0.4) is 0 Å². The SMILES string of the molecule is Cc1cc(NC[C@@H]2C[C@H]3C[C@@H]2[C@H](O)[C@@H]3O)c2ccc(F)cc2n1. The van der Waals surface area contributed by atoms with Gasteiger partial charge in [-0.25, -0.2) is 4.39 Å². The standard InChI is InChI=1S/C18H21FN2O2/c1-9-4-15(13-3-2-12(19)7-16(13)21-9)20-8-11-5-10-6-14(11)18(23)17(10)22/h2-4,7,10-11,14,17-18,22-23H,5-6,8H2,1H3,(H,20,21)/t10-,11-,14-,17+,18-/m0/s1. The quantitative estimate of drug-likeness (QED) is 0.814. The Morgan fingerprint density at radius 1 is 1.22 bits per heavy atom. The molecule has 0 unspecified atom stereocenters. The van der Waals surface area contributed by atoms with Crippen LogP contribution in [-0.4, -0.2) is 33.9 Å². The molecule has 3 N–H and O–H groups in total. The van der Waals surface area contributed by atoms with Crippen LogP contribution < -0.4 is 5.32 Å². The van der Waals surface area contributed by atoms with Gasteiger partial charge in [0, 0.05) is 29.4 Å². The van der Waals surface area contributed by atoms with Crippen molar-refractivity contribution in [2.75, 3.05) is 11.9 Å². The molecule has 2 aliphatic carbocycles. The molecule has 0 amide bonds. The van der Waals surface area contributed by atoms with E-state index in [4.69, 9.17) is 0 Å². The molecule has 2 fully saturated rings. The largest absolute Gasteiger partial charge is 0.390 e. The number of hydrogen-bond donors (Lipinski definition) is 3. The molecule has 4 nitrogen and oxygen atoms in total. The Bertz CT molecular complexity index is 744. The number of anilines is 1. The number of aromatic nitrogens is 1. The third-order valence-corrected chi connectivity index (χ3v) is 5.51. The van der Waals surface area contributed by atoms with Gasteiger partial charge in [0.1, 0.15) is 5.82 Å². The molecule has 5 heteroatoms. The molecule has 0 radical (unpaired) electrons. The van der Waals surface area contributed by atoms with Crippen LogP contribution >= 0.6 is 0 Å². The topological polar surface area (TPSA) is 65.4 Å². The number of aliphatic hydroxyl groups is 2. The average Bonchev–Trinajstić information content (AvgIpc) is 3.04. The molecule has 0 aliphatic heterocycles. The number of rotatable bonds is 3. The second kappa shape index (κ2) is 5.42. The van der Waals surface area contributed by atoms with Crippen molar-refractivity contribution in [3.05, 3.63) is 35.8 Å². The Kier molecular flexibility index (Phi) is 3.50. The summed E-state index contributed by atoms with van der Waals surface area (Å²) in [5.74, 6) is 0.482. The maximum Gasteiger partial charge on any atom is 0.125 e. The number of halogens is 1. The number of pyridine rings is 1. The van der Waals surface area contributed by atoms with Crippen molar-refractivity contribution in [1.82, 2.24) is 4.98 Å². The van der Waals surface area contributed by atoms with Crippen molar-refractivity contribution in [3.8, 4) is 0 Å². The molecular weight excluding hydrogens is 295 g/mol. The van der Waals surface area contributed by atoms with Crippen molar-refractivity contribution < 1.29 is 14.6 Å². The summed E-state index contributed by atoms with van der Waals surface area (Å²) in [6.45, 7) is 2.65. The number of hydrogen-bond acceptors (Lipinski definition) is 4. The van der Waals surface area contributed by atoms with E-state index in [1.165, 1.54) is 12.1 Å². The van der Waals surface area contributed by atoms with Gasteiger partial charge in [-0.05, 0) is 55.7 Å². The molecule has 2 bridgehead atoms. The molecule has 1 heterocycles. The van der Waals surface area contributed by atoms with Crippen molar-refractivity contribution in [1.29, 1.82) is 0 Å². The summed E-state index contributed by atoms with van der Waals surface area (Å²) in [6.07, 6.45) is 0.719. The lowest BCUT2D eigenvalue weighted by atomic mass is 9.85. The van der Waals surface area contributed by atoms with E-state index < -0.39 is 12.2 Å². The van der Waals surface area contributed by atoms with E-state index in [9.17, 15) is 14.6 Å². The lowest BCUT2D eigenvalue weighted by Gasteiger charge is -2.30. The molecular formula is C18H21FN2O2.